The van der Waals surface area contributed by atoms with Crippen molar-refractivity contribution < 1.29 is 14.4 Å². The van der Waals surface area contributed by atoms with Crippen LogP contribution in [0.1, 0.15) is 99.3 Å². The highest BCUT2D eigenvalue weighted by Gasteiger charge is 2.67. The van der Waals surface area contributed by atoms with E-state index in [1.54, 1.807) is 49.1 Å². The van der Waals surface area contributed by atoms with Gasteiger partial charge >= 0.3 is 0 Å². The van der Waals surface area contributed by atoms with E-state index < -0.39 is 5.41 Å². The zero-order chi connectivity index (χ0) is 28.9. The molecular formula is C32H40N6O3. The van der Waals surface area contributed by atoms with Crippen LogP contribution >= 0.6 is 0 Å². The highest BCUT2D eigenvalue weighted by molar-refractivity contribution is 5.98. The van der Waals surface area contributed by atoms with Crippen molar-refractivity contribution >= 4 is 23.4 Å². The van der Waals surface area contributed by atoms with Crippen LogP contribution in [0.3, 0.4) is 0 Å². The van der Waals surface area contributed by atoms with Gasteiger partial charge in [0.05, 0.1) is 5.41 Å². The number of pyridine rings is 2. The Hall–Kier alpha value is -3.62. The van der Waals surface area contributed by atoms with Crippen molar-refractivity contribution in [3.8, 4) is 0 Å². The molecule has 9 nitrogen and oxygen atoms in total. The van der Waals surface area contributed by atoms with Crippen molar-refractivity contribution in [2.75, 3.05) is 0 Å². The molecule has 0 saturated heterocycles. The number of rotatable bonds is 4. The van der Waals surface area contributed by atoms with E-state index in [0.29, 0.717) is 17.0 Å². The van der Waals surface area contributed by atoms with Gasteiger partial charge in [0.15, 0.2) is 0 Å². The first-order valence-corrected chi connectivity index (χ1v) is 14.9. The van der Waals surface area contributed by atoms with E-state index in [4.69, 9.17) is 5.10 Å². The summed E-state index contributed by atoms with van der Waals surface area (Å²) < 4.78 is 0. The van der Waals surface area contributed by atoms with Gasteiger partial charge in [-0.3, -0.25) is 35.2 Å². The molecule has 6 atom stereocenters. The Morgan fingerprint density at radius 1 is 0.805 bits per heavy atom. The van der Waals surface area contributed by atoms with Crippen molar-refractivity contribution in [2.24, 2.45) is 38.6 Å². The fourth-order valence-corrected chi connectivity index (χ4v) is 9.49. The molecule has 0 aliphatic heterocycles. The van der Waals surface area contributed by atoms with Crippen LogP contribution in [0.15, 0.2) is 54.2 Å². The second kappa shape index (κ2) is 10.0. The monoisotopic (exact) mass is 556 g/mol. The Labute approximate surface area is 241 Å². The Morgan fingerprint density at radius 2 is 1.44 bits per heavy atom. The lowest BCUT2D eigenvalue weighted by molar-refractivity contribution is -0.170. The molecule has 0 aromatic carbocycles. The molecule has 3 N–H and O–H groups in total. The minimum Gasteiger partial charge on any atom is -0.273 e. The summed E-state index contributed by atoms with van der Waals surface area (Å²) in [6.45, 7) is 6.84. The fraction of sp³-hybridized carbons (Fsp3) is 0.562. The van der Waals surface area contributed by atoms with Crippen molar-refractivity contribution in [3.05, 3.63) is 60.2 Å². The zero-order valence-corrected chi connectivity index (χ0v) is 24.2. The summed E-state index contributed by atoms with van der Waals surface area (Å²) in [4.78, 5) is 47.0. The van der Waals surface area contributed by atoms with E-state index in [9.17, 15) is 14.4 Å². The summed E-state index contributed by atoms with van der Waals surface area (Å²) in [5.41, 5.74) is 9.95. The summed E-state index contributed by atoms with van der Waals surface area (Å²) >= 11 is 0. The second-order valence-corrected chi connectivity index (χ2v) is 13.6. The summed E-state index contributed by atoms with van der Waals surface area (Å²) in [6, 6.07) is 6.65. The zero-order valence-electron chi connectivity index (χ0n) is 24.2. The highest BCUT2D eigenvalue weighted by atomic mass is 16.2. The number of hydrazine groups is 1. The largest absolute Gasteiger partial charge is 0.273 e. The molecule has 1 spiro atoms. The van der Waals surface area contributed by atoms with Gasteiger partial charge in [-0.25, -0.2) is 5.43 Å². The van der Waals surface area contributed by atoms with Crippen molar-refractivity contribution in [1.82, 2.24) is 26.2 Å². The average Bonchev–Trinajstić information content (AvgIpc) is 3.18. The number of nitrogens with one attached hydrogen (secondary N) is 3. The number of fused-ring (bicyclic) bond motifs is 3. The average molecular weight is 557 g/mol. The molecule has 2 bridgehead atoms. The third kappa shape index (κ3) is 4.53. The maximum Gasteiger partial charge on any atom is 0.271 e. The first-order valence-electron chi connectivity index (χ1n) is 14.9. The normalized spacial score (nSPS) is 36.5. The Balaban J connectivity index is 1.19. The molecule has 4 fully saturated rings. The number of aromatic nitrogens is 2. The number of hydrazone groups is 1. The first-order chi connectivity index (χ1) is 19.6. The molecule has 4 aliphatic rings. The number of amides is 3. The van der Waals surface area contributed by atoms with Gasteiger partial charge in [0.1, 0.15) is 0 Å². The van der Waals surface area contributed by atoms with Gasteiger partial charge < -0.3 is 0 Å². The molecule has 3 amide bonds. The number of hydrogen-bond acceptors (Lipinski definition) is 6. The molecule has 0 radical (unpaired) electrons. The summed E-state index contributed by atoms with van der Waals surface area (Å²) in [5.74, 6) is 0.0729. The van der Waals surface area contributed by atoms with Gasteiger partial charge in [-0.1, -0.05) is 27.2 Å². The van der Waals surface area contributed by atoms with Gasteiger partial charge in [0.2, 0.25) is 5.91 Å². The molecule has 2 aromatic rings. The standard InChI is InChI=1S/C32H40N6O3/c1-29-13-5-24-30(2)11-4-12-31(3,28(41)38-37-27(40)22-9-17-34-18-10-22)23(30)6-14-32(24,20-29)19-25(29)35-36-26(39)21-7-15-33-16-8-21/h7-10,15-18,23-24H,4-6,11-14,19-20H2,1-3H3,(H,36,39)(H,37,40)(H,38,41)/b35-25-/t23-,24-,29-,30+,31+,32-/m0/s1. The van der Waals surface area contributed by atoms with Crippen molar-refractivity contribution in [3.63, 3.8) is 0 Å². The minimum atomic E-state index is -0.561. The van der Waals surface area contributed by atoms with Crippen LogP contribution in [0.4, 0.5) is 0 Å². The van der Waals surface area contributed by atoms with Crippen LogP contribution in [-0.2, 0) is 4.79 Å². The summed E-state index contributed by atoms with van der Waals surface area (Å²) in [7, 11) is 0. The molecule has 4 aliphatic carbocycles. The predicted octanol–water partition coefficient (Wildman–Crippen LogP) is 4.83. The third-order valence-electron chi connectivity index (χ3n) is 11.4. The highest BCUT2D eigenvalue weighted by Crippen LogP contribution is 2.73. The van der Waals surface area contributed by atoms with Crippen LogP contribution in [0.2, 0.25) is 0 Å². The van der Waals surface area contributed by atoms with Gasteiger partial charge in [0.25, 0.3) is 11.8 Å². The SMILES string of the molecule is C[C@@]12CC[C@@H]3[C@@](CC[C@H]4[C@@]3(C)CCC[C@@]4(C)C(=O)NNC(=O)c3ccncc3)(C/C1=N/NC(=O)c1ccncc1)C2. The summed E-state index contributed by atoms with van der Waals surface area (Å²) in [6.07, 6.45) is 15.4. The maximum atomic E-state index is 13.7. The van der Waals surface area contributed by atoms with Gasteiger partial charge in [0, 0.05) is 47.0 Å². The van der Waals surface area contributed by atoms with Crippen molar-refractivity contribution in [2.45, 2.75) is 78.6 Å². The molecule has 0 unspecified atom stereocenters. The number of carbonyl (C=O) groups is 3. The van der Waals surface area contributed by atoms with Crippen molar-refractivity contribution in [1.29, 1.82) is 0 Å². The maximum absolute atomic E-state index is 13.7. The minimum absolute atomic E-state index is 0.0161. The van der Waals surface area contributed by atoms with Crippen LogP contribution in [0, 0.1) is 33.5 Å². The number of carbonyl (C=O) groups excluding carboxylic acids is 3. The lowest BCUT2D eigenvalue weighted by Crippen LogP contribution is -2.61. The van der Waals surface area contributed by atoms with E-state index in [1.165, 1.54) is 0 Å². The fourth-order valence-electron chi connectivity index (χ4n) is 9.49. The van der Waals surface area contributed by atoms with E-state index in [1.807, 2.05) is 0 Å². The van der Waals surface area contributed by atoms with E-state index >= 15 is 0 Å². The molecule has 2 heterocycles. The van der Waals surface area contributed by atoms with E-state index in [0.717, 1.165) is 63.5 Å². The Kier molecular flexibility index (Phi) is 6.74. The molecule has 2 aromatic heterocycles. The van der Waals surface area contributed by atoms with Crippen LogP contribution in [0.5, 0.6) is 0 Å². The molecule has 6 rings (SSSR count). The number of hydrogen-bond donors (Lipinski definition) is 3. The molecular weight excluding hydrogens is 516 g/mol. The van der Waals surface area contributed by atoms with Gasteiger partial charge in [-0.05, 0) is 98.3 Å². The molecule has 41 heavy (non-hydrogen) atoms. The summed E-state index contributed by atoms with van der Waals surface area (Å²) in [5, 5.41) is 4.74. The second-order valence-electron chi connectivity index (χ2n) is 13.6. The van der Waals surface area contributed by atoms with E-state index in [-0.39, 0.29) is 39.9 Å². The van der Waals surface area contributed by atoms with Crippen LogP contribution < -0.4 is 16.3 Å². The van der Waals surface area contributed by atoms with Crippen LogP contribution in [0.25, 0.3) is 0 Å². The Morgan fingerprint density at radius 3 is 2.12 bits per heavy atom. The smallest absolute Gasteiger partial charge is 0.271 e. The quantitative estimate of drug-likeness (QED) is 0.466. The first kappa shape index (κ1) is 27.5. The molecule has 9 heteroatoms. The predicted molar refractivity (Wildman–Crippen MR) is 154 cm³/mol. The lowest BCUT2D eigenvalue weighted by Gasteiger charge is -2.64. The molecule has 216 valence electrons. The number of nitrogens with zero attached hydrogens (tertiary/aromatic N) is 3. The third-order valence-corrected chi connectivity index (χ3v) is 11.4. The molecule has 4 saturated carbocycles. The van der Waals surface area contributed by atoms with Crippen LogP contribution in [-0.4, -0.2) is 33.4 Å². The Bertz CT molecular complexity index is 1380. The van der Waals surface area contributed by atoms with E-state index in [2.05, 4.69) is 47.0 Å². The topological polar surface area (TPSA) is 125 Å². The lowest BCUT2D eigenvalue weighted by atomic mass is 9.40. The van der Waals surface area contributed by atoms with Gasteiger partial charge in [-0.15, -0.1) is 0 Å². The van der Waals surface area contributed by atoms with Gasteiger partial charge in [-0.2, -0.15) is 5.10 Å².